The van der Waals surface area contributed by atoms with E-state index in [1.165, 1.54) is 0 Å². The first kappa shape index (κ1) is 12.1. The standard InChI is InChI=1S/C9H15N3O2S/c1-8-2-3-9(12-6-8)7-11-4-5-15(10,13)14/h2-3,6,11H,4-5,7H2,1H3,(H2,10,13,14). The summed E-state index contributed by atoms with van der Waals surface area (Å²) < 4.78 is 21.2. The molecule has 0 aromatic carbocycles. The number of sulfonamides is 1. The van der Waals surface area contributed by atoms with Crippen LogP contribution in [0, 0.1) is 6.92 Å². The number of aromatic nitrogens is 1. The first-order valence-corrected chi connectivity index (χ1v) is 6.31. The van der Waals surface area contributed by atoms with E-state index >= 15 is 0 Å². The van der Waals surface area contributed by atoms with Gasteiger partial charge in [0, 0.05) is 19.3 Å². The van der Waals surface area contributed by atoms with E-state index in [9.17, 15) is 8.42 Å². The summed E-state index contributed by atoms with van der Waals surface area (Å²) in [7, 11) is -3.37. The Hall–Kier alpha value is -0.980. The van der Waals surface area contributed by atoms with Crippen molar-refractivity contribution in [1.82, 2.24) is 10.3 Å². The lowest BCUT2D eigenvalue weighted by Crippen LogP contribution is -2.27. The molecule has 0 amide bonds. The number of nitrogens with one attached hydrogen (secondary N) is 1. The van der Waals surface area contributed by atoms with Gasteiger partial charge in [-0.1, -0.05) is 6.07 Å². The fraction of sp³-hybridized carbons (Fsp3) is 0.444. The second-order valence-electron chi connectivity index (χ2n) is 3.37. The van der Waals surface area contributed by atoms with Gasteiger partial charge in [-0.2, -0.15) is 0 Å². The maximum absolute atomic E-state index is 10.6. The molecule has 6 heteroatoms. The summed E-state index contributed by atoms with van der Waals surface area (Å²) >= 11 is 0. The van der Waals surface area contributed by atoms with Crippen molar-refractivity contribution in [3.63, 3.8) is 0 Å². The van der Waals surface area contributed by atoms with Crippen LogP contribution in [0.2, 0.25) is 0 Å². The quantitative estimate of drug-likeness (QED) is 0.683. The summed E-state index contributed by atoms with van der Waals surface area (Å²) in [5.74, 6) is -0.0567. The van der Waals surface area contributed by atoms with Crippen LogP contribution in [0.4, 0.5) is 0 Å². The van der Waals surface area contributed by atoms with E-state index in [-0.39, 0.29) is 5.75 Å². The highest BCUT2D eigenvalue weighted by molar-refractivity contribution is 7.89. The maximum Gasteiger partial charge on any atom is 0.210 e. The molecule has 0 aliphatic heterocycles. The highest BCUT2D eigenvalue weighted by Crippen LogP contribution is 1.97. The van der Waals surface area contributed by atoms with Crippen LogP contribution in [-0.4, -0.2) is 25.7 Å². The Morgan fingerprint density at radius 1 is 1.47 bits per heavy atom. The highest BCUT2D eigenvalue weighted by Gasteiger charge is 2.01. The van der Waals surface area contributed by atoms with Gasteiger partial charge in [-0.15, -0.1) is 0 Å². The molecule has 1 aromatic heterocycles. The Morgan fingerprint density at radius 2 is 2.20 bits per heavy atom. The van der Waals surface area contributed by atoms with E-state index in [1.807, 2.05) is 19.1 Å². The molecular weight excluding hydrogens is 214 g/mol. The largest absolute Gasteiger partial charge is 0.310 e. The third-order valence-electron chi connectivity index (χ3n) is 1.84. The van der Waals surface area contributed by atoms with Crippen molar-refractivity contribution in [2.45, 2.75) is 13.5 Å². The fourth-order valence-corrected chi connectivity index (χ4v) is 1.46. The van der Waals surface area contributed by atoms with E-state index in [2.05, 4.69) is 10.3 Å². The zero-order valence-electron chi connectivity index (χ0n) is 8.60. The summed E-state index contributed by atoms with van der Waals surface area (Å²) in [6.07, 6.45) is 1.77. The van der Waals surface area contributed by atoms with Crippen molar-refractivity contribution >= 4 is 10.0 Å². The highest BCUT2D eigenvalue weighted by atomic mass is 32.2. The van der Waals surface area contributed by atoms with Gasteiger partial charge in [0.2, 0.25) is 10.0 Å². The van der Waals surface area contributed by atoms with Gasteiger partial charge in [0.1, 0.15) is 0 Å². The number of hydrogen-bond acceptors (Lipinski definition) is 4. The lowest BCUT2D eigenvalue weighted by Gasteiger charge is -2.03. The molecule has 0 aliphatic rings. The van der Waals surface area contributed by atoms with E-state index in [4.69, 9.17) is 5.14 Å². The minimum absolute atomic E-state index is 0.0567. The molecule has 15 heavy (non-hydrogen) atoms. The number of nitrogens with zero attached hydrogens (tertiary/aromatic N) is 1. The third-order valence-corrected chi connectivity index (χ3v) is 2.62. The molecule has 5 nitrogen and oxygen atoms in total. The summed E-state index contributed by atoms with van der Waals surface area (Å²) in [6.45, 7) is 2.86. The Kier molecular flexibility index (Phi) is 4.19. The summed E-state index contributed by atoms with van der Waals surface area (Å²) in [5, 5.41) is 7.81. The minimum Gasteiger partial charge on any atom is -0.310 e. The second kappa shape index (κ2) is 5.20. The topological polar surface area (TPSA) is 85.1 Å². The van der Waals surface area contributed by atoms with Gasteiger partial charge in [0.25, 0.3) is 0 Å². The number of rotatable bonds is 5. The monoisotopic (exact) mass is 229 g/mol. The van der Waals surface area contributed by atoms with Crippen LogP contribution in [0.3, 0.4) is 0 Å². The molecule has 0 atom stereocenters. The van der Waals surface area contributed by atoms with E-state index in [0.29, 0.717) is 13.1 Å². The van der Waals surface area contributed by atoms with Gasteiger partial charge >= 0.3 is 0 Å². The number of pyridine rings is 1. The number of hydrogen-bond donors (Lipinski definition) is 2. The summed E-state index contributed by atoms with van der Waals surface area (Å²) in [6, 6.07) is 3.86. The zero-order chi connectivity index (χ0) is 11.3. The van der Waals surface area contributed by atoms with E-state index in [1.54, 1.807) is 6.20 Å². The van der Waals surface area contributed by atoms with Crippen LogP contribution in [0.5, 0.6) is 0 Å². The Morgan fingerprint density at radius 3 is 2.73 bits per heavy atom. The Bertz CT molecular complexity index is 400. The smallest absolute Gasteiger partial charge is 0.210 e. The minimum atomic E-state index is -3.37. The van der Waals surface area contributed by atoms with E-state index < -0.39 is 10.0 Å². The Balaban J connectivity index is 2.29. The van der Waals surface area contributed by atoms with Crippen molar-refractivity contribution in [2.24, 2.45) is 5.14 Å². The summed E-state index contributed by atoms with van der Waals surface area (Å²) in [4.78, 5) is 4.17. The fourth-order valence-electron chi connectivity index (χ4n) is 1.03. The number of aryl methyl sites for hydroxylation is 1. The van der Waals surface area contributed by atoms with Crippen LogP contribution >= 0.6 is 0 Å². The van der Waals surface area contributed by atoms with Crippen LogP contribution in [0.25, 0.3) is 0 Å². The lowest BCUT2D eigenvalue weighted by atomic mass is 10.3. The van der Waals surface area contributed by atoms with Gasteiger partial charge in [-0.3, -0.25) is 4.98 Å². The molecule has 1 heterocycles. The molecule has 0 saturated carbocycles. The van der Waals surface area contributed by atoms with Crippen molar-refractivity contribution in [3.05, 3.63) is 29.6 Å². The van der Waals surface area contributed by atoms with E-state index in [0.717, 1.165) is 11.3 Å². The van der Waals surface area contributed by atoms with Crippen LogP contribution < -0.4 is 10.5 Å². The summed E-state index contributed by atoms with van der Waals surface area (Å²) in [5.41, 5.74) is 1.98. The SMILES string of the molecule is Cc1ccc(CNCCS(N)(=O)=O)nc1. The average molecular weight is 229 g/mol. The molecule has 0 aliphatic carbocycles. The first-order valence-electron chi connectivity index (χ1n) is 4.60. The van der Waals surface area contributed by atoms with Gasteiger partial charge in [0.15, 0.2) is 0 Å². The molecule has 0 fully saturated rings. The lowest BCUT2D eigenvalue weighted by molar-refractivity contribution is 0.592. The van der Waals surface area contributed by atoms with Gasteiger partial charge in [-0.25, -0.2) is 13.6 Å². The Labute approximate surface area is 89.8 Å². The molecule has 0 saturated heterocycles. The number of nitrogens with two attached hydrogens (primary N) is 1. The maximum atomic E-state index is 10.6. The van der Waals surface area contributed by atoms with Crippen LogP contribution in [0.15, 0.2) is 18.3 Å². The molecule has 0 radical (unpaired) electrons. The van der Waals surface area contributed by atoms with Crippen LogP contribution in [0.1, 0.15) is 11.3 Å². The molecular formula is C9H15N3O2S. The predicted molar refractivity (Wildman–Crippen MR) is 58.7 cm³/mol. The normalized spacial score (nSPS) is 11.6. The average Bonchev–Trinajstić information content (AvgIpc) is 2.14. The van der Waals surface area contributed by atoms with Gasteiger partial charge < -0.3 is 5.32 Å². The molecule has 0 spiro atoms. The third kappa shape index (κ3) is 5.46. The van der Waals surface area contributed by atoms with Crippen molar-refractivity contribution in [2.75, 3.05) is 12.3 Å². The van der Waals surface area contributed by atoms with Gasteiger partial charge in [-0.05, 0) is 18.6 Å². The molecule has 3 N–H and O–H groups in total. The second-order valence-corrected chi connectivity index (χ2v) is 5.10. The molecule has 84 valence electrons. The van der Waals surface area contributed by atoms with Gasteiger partial charge in [0.05, 0.1) is 11.4 Å². The molecule has 0 bridgehead atoms. The molecule has 0 unspecified atom stereocenters. The van der Waals surface area contributed by atoms with Crippen LogP contribution in [-0.2, 0) is 16.6 Å². The predicted octanol–water partition coefficient (Wildman–Crippen LogP) is -0.232. The number of primary sulfonamides is 1. The van der Waals surface area contributed by atoms with Crippen molar-refractivity contribution < 1.29 is 8.42 Å². The molecule has 1 aromatic rings. The molecule has 1 rings (SSSR count). The zero-order valence-corrected chi connectivity index (χ0v) is 9.42. The van der Waals surface area contributed by atoms with Crippen molar-refractivity contribution in [1.29, 1.82) is 0 Å². The van der Waals surface area contributed by atoms with Crippen molar-refractivity contribution in [3.8, 4) is 0 Å². The first-order chi connectivity index (χ1) is 6.97.